The van der Waals surface area contributed by atoms with Crippen molar-refractivity contribution in [2.24, 2.45) is 7.05 Å². The van der Waals surface area contributed by atoms with E-state index in [1.54, 1.807) is 13.2 Å². The topological polar surface area (TPSA) is 60.7 Å². The molecule has 0 bridgehead atoms. The number of ether oxygens (including phenoxy) is 3. The number of carbonyl (C=O) groups excluding carboxylic acids is 1. The monoisotopic (exact) mass is 640 g/mol. The van der Waals surface area contributed by atoms with Gasteiger partial charge in [-0.15, -0.1) is 0 Å². The van der Waals surface area contributed by atoms with E-state index in [1.807, 2.05) is 36.0 Å². The number of aryl methyl sites for hydroxylation is 1. The highest BCUT2D eigenvalue weighted by molar-refractivity contribution is 5.77. The number of pyridine rings is 1. The third-order valence-corrected chi connectivity index (χ3v) is 6.50. The van der Waals surface area contributed by atoms with Gasteiger partial charge in [0.25, 0.3) is 5.91 Å². The van der Waals surface area contributed by atoms with Crippen LogP contribution in [-0.4, -0.2) is 32.8 Å². The predicted molar refractivity (Wildman–Crippen MR) is 149 cm³/mol. The van der Waals surface area contributed by atoms with Gasteiger partial charge in [-0.3, -0.25) is 4.79 Å². The lowest BCUT2D eigenvalue weighted by atomic mass is 10.1. The van der Waals surface area contributed by atoms with Crippen LogP contribution in [0.25, 0.3) is 0 Å². The molecule has 1 amide bonds. The molecule has 1 N–H and O–H groups in total. The minimum absolute atomic E-state index is 0. The van der Waals surface area contributed by atoms with Crippen molar-refractivity contribution in [3.8, 4) is 17.2 Å². The number of nitrogens with one attached hydrogen (secondary N) is 1. The van der Waals surface area contributed by atoms with Crippen LogP contribution in [0, 0.1) is 0 Å². The Balaban J connectivity index is 0.00000722. The van der Waals surface area contributed by atoms with Crippen molar-refractivity contribution in [1.82, 2.24) is 5.32 Å². The van der Waals surface area contributed by atoms with Crippen LogP contribution in [0.15, 0.2) is 42.7 Å². The minimum Gasteiger partial charge on any atom is -1.00 e. The van der Waals surface area contributed by atoms with Crippen LogP contribution in [0.5, 0.6) is 17.2 Å². The Labute approximate surface area is 247 Å². The van der Waals surface area contributed by atoms with Crippen molar-refractivity contribution in [1.29, 1.82) is 0 Å². The van der Waals surface area contributed by atoms with E-state index in [2.05, 4.69) is 24.5 Å². The van der Waals surface area contributed by atoms with Crippen LogP contribution in [0.4, 0.5) is 0 Å². The summed E-state index contributed by atoms with van der Waals surface area (Å²) in [5, 5.41) is 2.90. The molecule has 0 aliphatic heterocycles. The molecule has 6 nitrogen and oxygen atoms in total. The lowest BCUT2D eigenvalue weighted by Gasteiger charge is -2.13. The SMILES string of the molecule is CCCCCCCCCCCCCCOc1ccc(OCC(=O)NCCc2ccc[n+](C)c2)c(OC)c1.[I-]. The number of unbranched alkanes of at least 4 members (excludes halogenated alkanes) is 11. The molecule has 38 heavy (non-hydrogen) atoms. The maximum atomic E-state index is 12.2. The summed E-state index contributed by atoms with van der Waals surface area (Å²) in [6.07, 6.45) is 20.7. The first kappa shape index (κ1) is 34.0. The Hall–Kier alpha value is -2.03. The summed E-state index contributed by atoms with van der Waals surface area (Å²) in [5.74, 6) is 1.70. The lowest BCUT2D eigenvalue weighted by molar-refractivity contribution is -0.671. The van der Waals surface area contributed by atoms with Crippen LogP contribution in [-0.2, 0) is 18.3 Å². The molecule has 0 fully saturated rings. The number of hydrogen-bond donors (Lipinski definition) is 1. The number of amides is 1. The van der Waals surface area contributed by atoms with E-state index in [9.17, 15) is 4.79 Å². The number of hydrogen-bond acceptors (Lipinski definition) is 4. The molecule has 0 unspecified atom stereocenters. The molecule has 2 rings (SSSR count). The summed E-state index contributed by atoms with van der Waals surface area (Å²) in [6, 6.07) is 9.54. The number of benzene rings is 1. The van der Waals surface area contributed by atoms with Crippen molar-refractivity contribution >= 4 is 5.91 Å². The van der Waals surface area contributed by atoms with Gasteiger partial charge in [-0.25, -0.2) is 4.57 Å². The van der Waals surface area contributed by atoms with Crippen LogP contribution >= 0.6 is 0 Å². The Kier molecular flexibility index (Phi) is 19.6. The second kappa shape index (κ2) is 21.9. The Morgan fingerprint density at radius 3 is 2.16 bits per heavy atom. The van der Waals surface area contributed by atoms with Gasteiger partial charge in [0.05, 0.1) is 13.7 Å². The van der Waals surface area contributed by atoms with Crippen molar-refractivity contribution in [3.63, 3.8) is 0 Å². The largest absolute Gasteiger partial charge is 1.00 e. The Morgan fingerprint density at radius 2 is 1.53 bits per heavy atom. The average molecular weight is 641 g/mol. The Bertz CT molecular complexity index is 894. The van der Waals surface area contributed by atoms with Gasteiger partial charge in [-0.1, -0.05) is 77.6 Å². The quantitative estimate of drug-likeness (QED) is 0.129. The van der Waals surface area contributed by atoms with E-state index >= 15 is 0 Å². The second-order valence-corrected chi connectivity index (χ2v) is 9.82. The summed E-state index contributed by atoms with van der Waals surface area (Å²) < 4.78 is 19.0. The van der Waals surface area contributed by atoms with Crippen LogP contribution in [0.1, 0.15) is 89.5 Å². The minimum atomic E-state index is -0.158. The third kappa shape index (κ3) is 15.4. The maximum Gasteiger partial charge on any atom is 0.257 e. The van der Waals surface area contributed by atoms with Gasteiger partial charge in [0.1, 0.15) is 12.8 Å². The van der Waals surface area contributed by atoms with Gasteiger partial charge in [0, 0.05) is 24.2 Å². The van der Waals surface area contributed by atoms with Crippen molar-refractivity contribution in [3.05, 3.63) is 48.3 Å². The van der Waals surface area contributed by atoms with E-state index in [0.717, 1.165) is 18.6 Å². The van der Waals surface area contributed by atoms with E-state index in [-0.39, 0.29) is 36.5 Å². The van der Waals surface area contributed by atoms with E-state index in [0.29, 0.717) is 24.7 Å². The summed E-state index contributed by atoms with van der Waals surface area (Å²) in [5.41, 5.74) is 1.17. The predicted octanol–water partition coefficient (Wildman–Crippen LogP) is 3.34. The van der Waals surface area contributed by atoms with Gasteiger partial charge < -0.3 is 43.5 Å². The van der Waals surface area contributed by atoms with E-state index in [4.69, 9.17) is 14.2 Å². The average Bonchev–Trinajstić information content (AvgIpc) is 2.90. The summed E-state index contributed by atoms with van der Waals surface area (Å²) in [7, 11) is 3.58. The molecule has 0 aliphatic rings. The molecule has 214 valence electrons. The van der Waals surface area contributed by atoms with Crippen LogP contribution < -0.4 is 48.1 Å². The van der Waals surface area contributed by atoms with Crippen molar-refractivity contribution in [2.75, 3.05) is 26.9 Å². The molecule has 1 aromatic carbocycles. The molecule has 7 heteroatoms. The van der Waals surface area contributed by atoms with E-state index in [1.165, 1.54) is 76.2 Å². The van der Waals surface area contributed by atoms with Gasteiger partial charge in [0.2, 0.25) is 0 Å². The fourth-order valence-electron chi connectivity index (χ4n) is 4.33. The van der Waals surface area contributed by atoms with Crippen molar-refractivity contribution < 1.29 is 47.5 Å². The van der Waals surface area contributed by atoms with Gasteiger partial charge in [-0.05, 0) is 31.0 Å². The van der Waals surface area contributed by atoms with Gasteiger partial charge in [-0.2, -0.15) is 0 Å². The molecule has 0 atom stereocenters. The number of aromatic nitrogens is 1. The number of rotatable bonds is 21. The molecule has 0 spiro atoms. The van der Waals surface area contributed by atoms with Gasteiger partial charge in [0.15, 0.2) is 30.5 Å². The number of methoxy groups -OCH3 is 1. The highest BCUT2D eigenvalue weighted by atomic mass is 127. The number of halogens is 1. The van der Waals surface area contributed by atoms with E-state index < -0.39 is 0 Å². The van der Waals surface area contributed by atoms with Crippen molar-refractivity contribution in [2.45, 2.75) is 90.4 Å². The molecule has 0 radical (unpaired) electrons. The fraction of sp³-hybridized carbons (Fsp3) is 0.613. The molecule has 0 saturated carbocycles. The zero-order valence-corrected chi connectivity index (χ0v) is 26.0. The number of carbonyl (C=O) groups is 1. The first-order chi connectivity index (χ1) is 18.1. The molecule has 0 saturated heterocycles. The Morgan fingerprint density at radius 1 is 0.868 bits per heavy atom. The summed E-state index contributed by atoms with van der Waals surface area (Å²) in [4.78, 5) is 12.2. The number of nitrogens with zero attached hydrogens (tertiary/aromatic N) is 1. The standard InChI is InChI=1S/C31H48N2O4.HI/c1-4-5-6-7-8-9-10-11-12-13-14-15-23-36-28-18-19-29(30(24-28)35-3)37-26-31(34)32-21-20-27-17-16-22-33(2)25-27;/h16-19,22,24-25H,4-15,20-21,23,26H2,1-3H3;1H. The highest BCUT2D eigenvalue weighted by Crippen LogP contribution is 2.31. The molecular formula is C31H49IN2O4. The zero-order valence-electron chi connectivity index (χ0n) is 23.8. The summed E-state index contributed by atoms with van der Waals surface area (Å²) in [6.45, 7) is 3.47. The normalized spacial score (nSPS) is 10.5. The molecule has 0 aliphatic carbocycles. The smallest absolute Gasteiger partial charge is 0.257 e. The first-order valence-electron chi connectivity index (χ1n) is 14.3. The highest BCUT2D eigenvalue weighted by Gasteiger charge is 2.10. The van der Waals surface area contributed by atoms with Crippen LogP contribution in [0.2, 0.25) is 0 Å². The summed E-state index contributed by atoms with van der Waals surface area (Å²) >= 11 is 0. The molecule has 2 aromatic rings. The maximum absolute atomic E-state index is 12.2. The second-order valence-electron chi connectivity index (χ2n) is 9.82. The van der Waals surface area contributed by atoms with Gasteiger partial charge >= 0.3 is 0 Å². The lowest BCUT2D eigenvalue weighted by Crippen LogP contribution is -3.00. The zero-order chi connectivity index (χ0) is 26.6. The third-order valence-electron chi connectivity index (χ3n) is 6.50. The first-order valence-corrected chi connectivity index (χ1v) is 14.3. The molecular weight excluding hydrogens is 591 g/mol. The van der Waals surface area contributed by atoms with Crippen LogP contribution in [0.3, 0.4) is 0 Å². The fourth-order valence-corrected chi connectivity index (χ4v) is 4.33. The molecule has 1 heterocycles. The molecule has 1 aromatic heterocycles.